The van der Waals surface area contributed by atoms with Crippen molar-refractivity contribution in [2.45, 2.75) is 182 Å². The Labute approximate surface area is 349 Å². The maximum absolute atomic E-state index is 12.6. The zero-order valence-corrected chi connectivity index (χ0v) is 34.8. The molecule has 4 saturated carbocycles. The predicted octanol–water partition coefficient (Wildman–Crippen LogP) is -1.24. The van der Waals surface area contributed by atoms with Crippen molar-refractivity contribution in [1.29, 1.82) is 0 Å². The molecule has 7 fully saturated rings. The normalized spacial score (nSPS) is 54.4. The summed E-state index contributed by atoms with van der Waals surface area (Å²) in [6.07, 6.45) is -11.9. The van der Waals surface area contributed by atoms with E-state index in [4.69, 9.17) is 37.9 Å². The first kappa shape index (κ1) is 45.1. The molecule has 3 saturated heterocycles. The third-order valence-electron chi connectivity index (χ3n) is 16.5. The first-order valence-corrected chi connectivity index (χ1v) is 21.8. The van der Waals surface area contributed by atoms with Gasteiger partial charge in [0.15, 0.2) is 18.9 Å². The van der Waals surface area contributed by atoms with Gasteiger partial charge in [-0.2, -0.15) is 0 Å². The molecule has 0 bridgehead atoms. The van der Waals surface area contributed by atoms with E-state index in [-0.39, 0.29) is 34.7 Å². The van der Waals surface area contributed by atoms with Gasteiger partial charge in [-0.1, -0.05) is 13.8 Å². The number of esters is 1. The predicted molar refractivity (Wildman–Crippen MR) is 203 cm³/mol. The molecule has 0 aromatic heterocycles. The van der Waals surface area contributed by atoms with Gasteiger partial charge in [-0.3, -0.25) is 0 Å². The number of aliphatic hydroxyl groups is 9. The Hall–Kier alpha value is -1.43. The van der Waals surface area contributed by atoms with Gasteiger partial charge in [0.05, 0.1) is 31.0 Å². The van der Waals surface area contributed by atoms with E-state index in [1.165, 1.54) is 7.11 Å². The minimum atomic E-state index is -1.77. The molecule has 0 spiro atoms. The summed E-state index contributed by atoms with van der Waals surface area (Å²) in [6, 6.07) is 0. The fourth-order valence-electron chi connectivity index (χ4n) is 13.0. The van der Waals surface area contributed by atoms with E-state index in [9.17, 15) is 50.8 Å². The van der Waals surface area contributed by atoms with E-state index in [0.717, 1.165) is 63.4 Å². The molecule has 9 N–H and O–H groups in total. The Balaban J connectivity index is 0.875. The third-order valence-corrected chi connectivity index (χ3v) is 16.5. The maximum atomic E-state index is 12.6. The van der Waals surface area contributed by atoms with Crippen LogP contribution < -0.4 is 0 Å². The van der Waals surface area contributed by atoms with Crippen molar-refractivity contribution in [1.82, 2.24) is 0 Å². The highest BCUT2D eigenvalue weighted by atomic mass is 16.8. The molecular weight excluding hydrogens is 792 g/mol. The minimum absolute atomic E-state index is 0.00760. The molecule has 60 heavy (non-hydrogen) atoms. The van der Waals surface area contributed by atoms with E-state index in [2.05, 4.69) is 13.8 Å². The number of ether oxygens (including phenoxy) is 8. The van der Waals surface area contributed by atoms with Crippen molar-refractivity contribution in [3.63, 3.8) is 0 Å². The summed E-state index contributed by atoms with van der Waals surface area (Å²) in [5.41, 5.74) is -0.0850. The quantitative estimate of drug-likeness (QED) is 0.0918. The van der Waals surface area contributed by atoms with Crippen LogP contribution in [0.25, 0.3) is 0 Å². The van der Waals surface area contributed by atoms with E-state index in [1.54, 1.807) is 13.0 Å². The van der Waals surface area contributed by atoms with E-state index < -0.39 is 111 Å². The van der Waals surface area contributed by atoms with Crippen LogP contribution in [-0.4, -0.2) is 183 Å². The van der Waals surface area contributed by atoms with Gasteiger partial charge >= 0.3 is 5.97 Å². The second-order valence-electron chi connectivity index (χ2n) is 19.4. The van der Waals surface area contributed by atoms with Gasteiger partial charge < -0.3 is 83.9 Å². The van der Waals surface area contributed by atoms with Gasteiger partial charge in [0, 0.05) is 18.6 Å². The average Bonchev–Trinajstić information content (AvgIpc) is 3.78. The maximum Gasteiger partial charge on any atom is 0.331 e. The zero-order chi connectivity index (χ0) is 43.1. The molecule has 23 atom stereocenters. The molecule has 4 heterocycles. The number of hydrogen-bond acceptors (Lipinski definition) is 18. The monoisotopic (exact) mass is 858 g/mol. The molecule has 0 aromatic carbocycles. The lowest BCUT2D eigenvalue weighted by Gasteiger charge is -2.64. The van der Waals surface area contributed by atoms with Crippen LogP contribution in [0.1, 0.15) is 78.6 Å². The number of cyclic esters (lactones) is 1. The fourth-order valence-corrected chi connectivity index (χ4v) is 13.0. The Kier molecular flexibility index (Phi) is 12.9. The lowest BCUT2D eigenvalue weighted by Crippen LogP contribution is -2.65. The molecule has 0 unspecified atom stereocenters. The molecule has 0 amide bonds. The van der Waals surface area contributed by atoms with Crippen molar-refractivity contribution in [3.05, 3.63) is 11.6 Å². The molecule has 8 aliphatic rings. The van der Waals surface area contributed by atoms with Crippen LogP contribution in [0.3, 0.4) is 0 Å². The van der Waals surface area contributed by atoms with Gasteiger partial charge in [0.1, 0.15) is 73.8 Å². The zero-order valence-electron chi connectivity index (χ0n) is 34.8. The Morgan fingerprint density at radius 3 is 2.10 bits per heavy atom. The summed E-state index contributed by atoms with van der Waals surface area (Å²) in [5, 5.41) is 96.6. The van der Waals surface area contributed by atoms with E-state index in [1.807, 2.05) is 0 Å². The van der Waals surface area contributed by atoms with Gasteiger partial charge in [-0.25, -0.2) is 4.79 Å². The average molecular weight is 859 g/mol. The summed E-state index contributed by atoms with van der Waals surface area (Å²) in [7, 11) is 1.39. The Morgan fingerprint density at radius 1 is 0.733 bits per heavy atom. The molecule has 4 aliphatic heterocycles. The van der Waals surface area contributed by atoms with Crippen molar-refractivity contribution < 1.29 is 88.6 Å². The number of hydrogen-bond donors (Lipinski definition) is 9. The van der Waals surface area contributed by atoms with Crippen molar-refractivity contribution >= 4 is 5.97 Å². The molecule has 18 nitrogen and oxygen atoms in total. The van der Waals surface area contributed by atoms with Crippen molar-refractivity contribution in [3.8, 4) is 0 Å². The molecule has 342 valence electrons. The lowest BCUT2D eigenvalue weighted by molar-refractivity contribution is -0.367. The largest absolute Gasteiger partial charge is 0.458 e. The van der Waals surface area contributed by atoms with Crippen LogP contribution in [-0.2, 0) is 42.7 Å². The van der Waals surface area contributed by atoms with Crippen LogP contribution in [0.2, 0.25) is 0 Å². The standard InChI is InChI=1S/C42H66O18/c1-18-35(60-38-33(50)31(48)29(46)26(59-38)17-55-37-32(49)30(47)28(45)25(15-43)58-37)36(53-4)34(51)39(56-18)57-21-7-10-40(2)20(14-21)5-6-24-23(40)8-11-41(3)22(9-12-42(24,41)52)19-13-27(44)54-16-19/h13,18,20-26,28-39,43,45-52H,5-12,14-17H2,1-4H3/t18-,20+,21-,22-,23-,24+,25+,26+,28+,29+,30-,31-,32+,33+,34-,35-,36-,37+,38-,39-,40-,41+,42+/m0/s1. The van der Waals surface area contributed by atoms with Gasteiger partial charge in [0.2, 0.25) is 0 Å². The number of fused-ring (bicyclic) bond motifs is 5. The summed E-state index contributed by atoms with van der Waals surface area (Å²) in [5.74, 6) is 0.725. The highest BCUT2D eigenvalue weighted by molar-refractivity contribution is 5.85. The fraction of sp³-hybridized carbons (Fsp3) is 0.929. The number of rotatable bonds is 10. The van der Waals surface area contributed by atoms with Gasteiger partial charge in [-0.15, -0.1) is 0 Å². The van der Waals surface area contributed by atoms with Crippen LogP contribution >= 0.6 is 0 Å². The summed E-state index contributed by atoms with van der Waals surface area (Å²) < 4.78 is 46.6. The molecule has 0 radical (unpaired) electrons. The van der Waals surface area contributed by atoms with Crippen LogP contribution in [0.15, 0.2) is 11.6 Å². The summed E-state index contributed by atoms with van der Waals surface area (Å²) >= 11 is 0. The number of carbonyl (C=O) groups excluding carboxylic acids is 1. The smallest absolute Gasteiger partial charge is 0.331 e. The second kappa shape index (κ2) is 17.2. The highest BCUT2D eigenvalue weighted by Gasteiger charge is 2.68. The molecule has 8 rings (SSSR count). The van der Waals surface area contributed by atoms with E-state index >= 15 is 0 Å². The minimum Gasteiger partial charge on any atom is -0.458 e. The summed E-state index contributed by atoms with van der Waals surface area (Å²) in [4.78, 5) is 12.0. The molecule has 4 aliphatic carbocycles. The van der Waals surface area contributed by atoms with Crippen LogP contribution in [0.4, 0.5) is 0 Å². The van der Waals surface area contributed by atoms with Gasteiger partial charge in [-0.05, 0) is 99.4 Å². The second-order valence-corrected chi connectivity index (χ2v) is 19.4. The molecule has 18 heteroatoms. The molecule has 0 aromatic rings. The van der Waals surface area contributed by atoms with Crippen LogP contribution in [0, 0.1) is 34.5 Å². The van der Waals surface area contributed by atoms with Crippen molar-refractivity contribution in [2.24, 2.45) is 34.5 Å². The van der Waals surface area contributed by atoms with E-state index in [0.29, 0.717) is 18.4 Å². The third kappa shape index (κ3) is 7.50. The Morgan fingerprint density at radius 2 is 1.42 bits per heavy atom. The number of methoxy groups -OCH3 is 1. The highest BCUT2D eigenvalue weighted by Crippen LogP contribution is 2.70. The van der Waals surface area contributed by atoms with Crippen molar-refractivity contribution in [2.75, 3.05) is 26.9 Å². The Bertz CT molecular complexity index is 1570. The first-order chi connectivity index (χ1) is 28.4. The molecular formula is C42H66O18. The van der Waals surface area contributed by atoms with Gasteiger partial charge in [0.25, 0.3) is 0 Å². The lowest BCUT2D eigenvalue weighted by atomic mass is 9.43. The topological polar surface area (TPSA) is 273 Å². The first-order valence-electron chi connectivity index (χ1n) is 21.8. The number of carbonyl (C=O) groups is 1. The SMILES string of the molecule is CO[C@H]1[C@H](O)[C@H](O[C@H]2CC[C@@]3(C)[C@H](CC[C@@H]4[C@@H]3CC[C@]3(C)[C@H](C5=CC(=O)OC5)CC[C@@]43O)C2)O[C@@H](C)[C@@H]1O[C@@H]1O[C@H](CO[C@@H]2O[C@H](CO)[C@@H](O)[C@H](O)[C@H]2O)[C@@H](O)[C@H](O)[C@H]1O. The summed E-state index contributed by atoms with van der Waals surface area (Å²) in [6.45, 7) is 5.42. The number of aliphatic hydroxyl groups excluding tert-OH is 8. The van der Waals surface area contributed by atoms with Crippen LogP contribution in [0.5, 0.6) is 0 Å².